The molecule has 0 aliphatic rings. The number of hydrogen-bond donors (Lipinski definition) is 2. The van der Waals surface area contributed by atoms with E-state index >= 15 is 0 Å². The first-order valence-corrected chi connectivity index (χ1v) is 4.75. The molecule has 5 nitrogen and oxygen atoms in total. The van der Waals surface area contributed by atoms with Crippen LogP contribution in [-0.4, -0.2) is 35.0 Å². The van der Waals surface area contributed by atoms with Crippen LogP contribution in [0.25, 0.3) is 0 Å². The van der Waals surface area contributed by atoms with E-state index in [0.29, 0.717) is 6.54 Å². The van der Waals surface area contributed by atoms with Gasteiger partial charge in [0.05, 0.1) is 24.0 Å². The lowest BCUT2D eigenvalue weighted by molar-refractivity contribution is -0.133. The molecule has 0 bridgehead atoms. The van der Waals surface area contributed by atoms with E-state index in [1.54, 1.807) is 0 Å². The minimum absolute atomic E-state index is 0.0777. The second-order valence-corrected chi connectivity index (χ2v) is 3.13. The first-order chi connectivity index (χ1) is 6.16. The highest BCUT2D eigenvalue weighted by molar-refractivity contribution is 8.00. The second-order valence-electron chi connectivity index (χ2n) is 2.14. The summed E-state index contributed by atoms with van der Waals surface area (Å²) in [5, 5.41) is 18.9. The molecule has 0 saturated carbocycles. The third-order valence-corrected chi connectivity index (χ3v) is 1.94. The second kappa shape index (κ2) is 7.43. The fraction of sp³-hybridized carbons (Fsp3) is 0.571. The zero-order valence-electron chi connectivity index (χ0n) is 6.95. The van der Waals surface area contributed by atoms with Crippen molar-refractivity contribution in [2.45, 2.75) is 6.42 Å². The van der Waals surface area contributed by atoms with Crippen molar-refractivity contribution in [1.29, 1.82) is 5.26 Å². The summed E-state index contributed by atoms with van der Waals surface area (Å²) in [5.41, 5.74) is 0. The molecule has 72 valence electrons. The van der Waals surface area contributed by atoms with Crippen LogP contribution >= 0.6 is 11.8 Å². The van der Waals surface area contributed by atoms with Gasteiger partial charge in [-0.25, -0.2) is 0 Å². The molecule has 0 heterocycles. The standard InChI is InChI=1S/C7H10N2O3S/c8-2-1-3-9-6(10)4-13-5-7(11)12/h1,3-5H2,(H,9,10)(H,11,12). The largest absolute Gasteiger partial charge is 0.481 e. The summed E-state index contributed by atoms with van der Waals surface area (Å²) in [6.45, 7) is 0.322. The summed E-state index contributed by atoms with van der Waals surface area (Å²) in [4.78, 5) is 20.9. The lowest BCUT2D eigenvalue weighted by Crippen LogP contribution is -2.26. The molecule has 0 saturated heterocycles. The number of amides is 1. The van der Waals surface area contributed by atoms with Crippen LogP contribution in [-0.2, 0) is 9.59 Å². The minimum atomic E-state index is -0.935. The summed E-state index contributed by atoms with van der Waals surface area (Å²) in [6.07, 6.45) is 0.273. The van der Waals surface area contributed by atoms with Gasteiger partial charge in [0.1, 0.15) is 0 Å². The molecule has 1 amide bonds. The van der Waals surface area contributed by atoms with Gasteiger partial charge in [0.2, 0.25) is 5.91 Å². The van der Waals surface area contributed by atoms with Crippen molar-refractivity contribution in [2.24, 2.45) is 0 Å². The van der Waals surface area contributed by atoms with Crippen molar-refractivity contribution < 1.29 is 14.7 Å². The Balaban J connectivity index is 3.31. The van der Waals surface area contributed by atoms with Crippen LogP contribution < -0.4 is 5.32 Å². The molecule has 0 aromatic heterocycles. The van der Waals surface area contributed by atoms with E-state index in [9.17, 15) is 9.59 Å². The maximum atomic E-state index is 10.9. The zero-order valence-corrected chi connectivity index (χ0v) is 7.76. The lowest BCUT2D eigenvalue weighted by atomic mass is 10.4. The Bertz CT molecular complexity index is 224. The van der Waals surface area contributed by atoms with Crippen LogP contribution in [0.15, 0.2) is 0 Å². The lowest BCUT2D eigenvalue weighted by Gasteiger charge is -2.00. The molecule has 0 fully saturated rings. The molecular formula is C7H10N2O3S. The Labute approximate surface area is 80.1 Å². The number of nitriles is 1. The van der Waals surface area contributed by atoms with Gasteiger partial charge >= 0.3 is 5.97 Å². The van der Waals surface area contributed by atoms with Gasteiger partial charge < -0.3 is 10.4 Å². The summed E-state index contributed by atoms with van der Waals surface area (Å²) < 4.78 is 0. The van der Waals surface area contributed by atoms with E-state index in [1.165, 1.54) is 0 Å². The molecule has 0 radical (unpaired) electrons. The average molecular weight is 202 g/mol. The molecule has 0 aromatic rings. The van der Waals surface area contributed by atoms with E-state index < -0.39 is 5.97 Å². The predicted octanol–water partition coefficient (Wildman–Crippen LogP) is -0.166. The Morgan fingerprint density at radius 1 is 1.46 bits per heavy atom. The summed E-state index contributed by atoms with van der Waals surface area (Å²) >= 11 is 1.03. The van der Waals surface area contributed by atoms with Crippen molar-refractivity contribution in [3.8, 4) is 6.07 Å². The van der Waals surface area contributed by atoms with E-state index in [1.807, 2.05) is 6.07 Å². The number of nitrogens with zero attached hydrogens (tertiary/aromatic N) is 1. The third-order valence-electron chi connectivity index (χ3n) is 1.02. The van der Waals surface area contributed by atoms with E-state index in [0.717, 1.165) is 11.8 Å². The number of carboxylic acid groups (broad SMARTS) is 1. The van der Waals surface area contributed by atoms with Gasteiger partial charge in [0, 0.05) is 6.54 Å². The third kappa shape index (κ3) is 8.69. The Morgan fingerprint density at radius 2 is 2.15 bits per heavy atom. The summed E-state index contributed by atoms with van der Waals surface area (Å²) in [6, 6.07) is 1.88. The molecular weight excluding hydrogens is 192 g/mol. The van der Waals surface area contributed by atoms with Crippen LogP contribution in [0.5, 0.6) is 0 Å². The predicted molar refractivity (Wildman–Crippen MR) is 48.2 cm³/mol. The number of carboxylic acids is 1. The highest BCUT2D eigenvalue weighted by Gasteiger charge is 2.02. The highest BCUT2D eigenvalue weighted by atomic mass is 32.2. The number of carbonyl (C=O) groups is 2. The molecule has 0 aliphatic carbocycles. The van der Waals surface area contributed by atoms with Gasteiger partial charge in [-0.05, 0) is 0 Å². The number of nitrogens with one attached hydrogen (secondary N) is 1. The first-order valence-electron chi connectivity index (χ1n) is 3.60. The van der Waals surface area contributed by atoms with Crippen molar-refractivity contribution in [2.75, 3.05) is 18.1 Å². The molecule has 0 unspecified atom stereocenters. The molecule has 6 heteroatoms. The Hall–Kier alpha value is -1.22. The SMILES string of the molecule is N#CCCNC(=O)CSCC(=O)O. The quantitative estimate of drug-likeness (QED) is 0.584. The van der Waals surface area contributed by atoms with Gasteiger partial charge in [0.25, 0.3) is 0 Å². The Morgan fingerprint density at radius 3 is 2.69 bits per heavy atom. The van der Waals surface area contributed by atoms with Gasteiger partial charge in [-0.2, -0.15) is 5.26 Å². The number of rotatable bonds is 6. The molecule has 2 N–H and O–H groups in total. The van der Waals surface area contributed by atoms with Gasteiger partial charge in [-0.15, -0.1) is 11.8 Å². The number of carbonyl (C=O) groups excluding carboxylic acids is 1. The first kappa shape index (κ1) is 11.8. The van der Waals surface area contributed by atoms with Crippen molar-refractivity contribution in [3.05, 3.63) is 0 Å². The summed E-state index contributed by atoms with van der Waals surface area (Å²) in [7, 11) is 0. The zero-order chi connectivity index (χ0) is 10.1. The van der Waals surface area contributed by atoms with Crippen LogP contribution in [0.4, 0.5) is 0 Å². The molecule has 13 heavy (non-hydrogen) atoms. The van der Waals surface area contributed by atoms with E-state index in [2.05, 4.69) is 5.32 Å². The topological polar surface area (TPSA) is 90.2 Å². The number of hydrogen-bond acceptors (Lipinski definition) is 4. The van der Waals surface area contributed by atoms with Crippen LogP contribution in [0.2, 0.25) is 0 Å². The van der Waals surface area contributed by atoms with E-state index in [-0.39, 0.29) is 23.8 Å². The maximum absolute atomic E-state index is 10.9. The van der Waals surface area contributed by atoms with Crippen molar-refractivity contribution in [3.63, 3.8) is 0 Å². The van der Waals surface area contributed by atoms with Crippen LogP contribution in [0.1, 0.15) is 6.42 Å². The summed E-state index contributed by atoms with van der Waals surface area (Å²) in [5.74, 6) is -1.13. The Kier molecular flexibility index (Phi) is 6.73. The van der Waals surface area contributed by atoms with Gasteiger partial charge in [-0.1, -0.05) is 0 Å². The fourth-order valence-corrected chi connectivity index (χ4v) is 1.10. The molecule has 0 aromatic carbocycles. The number of thioether (sulfide) groups is 1. The number of aliphatic carboxylic acids is 1. The van der Waals surface area contributed by atoms with E-state index in [4.69, 9.17) is 10.4 Å². The monoisotopic (exact) mass is 202 g/mol. The minimum Gasteiger partial charge on any atom is -0.481 e. The molecule has 0 atom stereocenters. The van der Waals surface area contributed by atoms with Crippen LogP contribution in [0.3, 0.4) is 0 Å². The highest BCUT2D eigenvalue weighted by Crippen LogP contribution is 1.97. The molecule has 0 rings (SSSR count). The normalized spacial score (nSPS) is 8.85. The van der Waals surface area contributed by atoms with Gasteiger partial charge in [-0.3, -0.25) is 9.59 Å². The van der Waals surface area contributed by atoms with Crippen molar-refractivity contribution >= 4 is 23.6 Å². The molecule has 0 aliphatic heterocycles. The maximum Gasteiger partial charge on any atom is 0.313 e. The van der Waals surface area contributed by atoms with Crippen LogP contribution in [0, 0.1) is 11.3 Å². The average Bonchev–Trinajstić information content (AvgIpc) is 2.04. The fourth-order valence-electron chi connectivity index (χ4n) is 0.540. The van der Waals surface area contributed by atoms with Gasteiger partial charge in [0.15, 0.2) is 0 Å². The molecule has 0 spiro atoms. The van der Waals surface area contributed by atoms with Crippen molar-refractivity contribution in [1.82, 2.24) is 5.32 Å². The smallest absolute Gasteiger partial charge is 0.313 e.